The molecule has 1 heterocycles. The molecule has 3 N–H and O–H groups in total. The first-order valence-corrected chi connectivity index (χ1v) is 7.63. The number of carboxylic acid groups (broad SMARTS) is 1. The van der Waals surface area contributed by atoms with Gasteiger partial charge in [-0.25, -0.2) is 4.79 Å². The molecule has 0 bridgehead atoms. The monoisotopic (exact) mass is 336 g/mol. The van der Waals surface area contributed by atoms with Gasteiger partial charge >= 0.3 is 5.97 Å². The zero-order valence-electron chi connectivity index (χ0n) is 12.6. The van der Waals surface area contributed by atoms with Crippen LogP contribution in [0.15, 0.2) is 18.2 Å². The third-order valence-corrected chi connectivity index (χ3v) is 4.37. The van der Waals surface area contributed by atoms with E-state index in [4.69, 9.17) is 27.2 Å². The Hall–Kier alpha value is -2.12. The fourth-order valence-electron chi connectivity index (χ4n) is 2.62. The lowest BCUT2D eigenvalue weighted by Crippen LogP contribution is -2.36. The number of nitrogens with two attached hydrogens (primary N) is 1. The second kappa shape index (κ2) is 6.17. The molecule has 0 atom stereocenters. The molecular weight excluding hydrogens is 320 g/mol. The standard InChI is InChI=1S/C15H17ClN4O3/c1-20-13(18-19-14(20)9-4-10(17)5-9)7-23-12-3-2-8(15(21)22)6-11(12)16/h2-3,6,9-10H,4-5,7,17H2,1H3,(H,21,22). The topological polar surface area (TPSA) is 103 Å². The maximum absolute atomic E-state index is 10.9. The number of aromatic nitrogens is 3. The van der Waals surface area contributed by atoms with Crippen LogP contribution in [0.4, 0.5) is 0 Å². The van der Waals surface area contributed by atoms with Crippen LogP contribution in [-0.4, -0.2) is 31.9 Å². The summed E-state index contributed by atoms with van der Waals surface area (Å²) in [7, 11) is 1.90. The number of hydrogen-bond acceptors (Lipinski definition) is 5. The molecule has 2 aromatic rings. The summed E-state index contributed by atoms with van der Waals surface area (Å²) < 4.78 is 7.54. The summed E-state index contributed by atoms with van der Waals surface area (Å²) in [5, 5.41) is 17.5. The van der Waals surface area contributed by atoms with Crippen LogP contribution in [0.25, 0.3) is 0 Å². The van der Waals surface area contributed by atoms with E-state index >= 15 is 0 Å². The highest BCUT2D eigenvalue weighted by atomic mass is 35.5. The molecular formula is C15H17ClN4O3. The molecule has 0 radical (unpaired) electrons. The predicted molar refractivity (Wildman–Crippen MR) is 83.7 cm³/mol. The molecule has 0 unspecified atom stereocenters. The molecule has 23 heavy (non-hydrogen) atoms. The van der Waals surface area contributed by atoms with Crippen molar-refractivity contribution in [1.29, 1.82) is 0 Å². The van der Waals surface area contributed by atoms with Gasteiger partial charge in [0.1, 0.15) is 18.2 Å². The van der Waals surface area contributed by atoms with Crippen molar-refractivity contribution in [1.82, 2.24) is 14.8 Å². The Balaban J connectivity index is 1.68. The van der Waals surface area contributed by atoms with Crippen LogP contribution in [0.1, 0.15) is 40.8 Å². The first-order chi connectivity index (χ1) is 11.0. The highest BCUT2D eigenvalue weighted by molar-refractivity contribution is 6.32. The minimum atomic E-state index is -1.03. The first-order valence-electron chi connectivity index (χ1n) is 7.25. The van der Waals surface area contributed by atoms with Crippen LogP contribution in [0.5, 0.6) is 5.75 Å². The van der Waals surface area contributed by atoms with Gasteiger partial charge in [0, 0.05) is 19.0 Å². The van der Waals surface area contributed by atoms with Crippen LogP contribution >= 0.6 is 11.6 Å². The van der Waals surface area contributed by atoms with Gasteiger partial charge in [-0.15, -0.1) is 10.2 Å². The number of ether oxygens (including phenoxy) is 1. The second-order valence-corrected chi connectivity index (χ2v) is 6.11. The molecule has 0 spiro atoms. The lowest BCUT2D eigenvalue weighted by Gasteiger charge is -2.31. The Morgan fingerprint density at radius 1 is 1.48 bits per heavy atom. The highest BCUT2D eigenvalue weighted by Crippen LogP contribution is 2.34. The summed E-state index contributed by atoms with van der Waals surface area (Å²) in [6.45, 7) is 0.203. The number of benzene rings is 1. The lowest BCUT2D eigenvalue weighted by molar-refractivity contribution is 0.0697. The van der Waals surface area contributed by atoms with Crippen molar-refractivity contribution >= 4 is 17.6 Å². The van der Waals surface area contributed by atoms with Crippen LogP contribution in [0.3, 0.4) is 0 Å². The molecule has 7 nitrogen and oxygen atoms in total. The Kier molecular flexibility index (Phi) is 4.23. The summed E-state index contributed by atoms with van der Waals surface area (Å²) >= 11 is 6.04. The fourth-order valence-corrected chi connectivity index (χ4v) is 2.86. The molecule has 1 aromatic heterocycles. The van der Waals surface area contributed by atoms with Gasteiger partial charge in [0.25, 0.3) is 0 Å². The quantitative estimate of drug-likeness (QED) is 0.865. The van der Waals surface area contributed by atoms with Crippen LogP contribution in [0.2, 0.25) is 5.02 Å². The Morgan fingerprint density at radius 3 is 2.83 bits per heavy atom. The Labute approximate surface area is 138 Å². The van der Waals surface area contributed by atoms with Crippen molar-refractivity contribution in [2.45, 2.75) is 31.4 Å². The molecule has 0 amide bonds. The van der Waals surface area contributed by atoms with E-state index in [1.807, 2.05) is 11.6 Å². The maximum atomic E-state index is 10.9. The maximum Gasteiger partial charge on any atom is 0.335 e. The minimum absolute atomic E-state index is 0.115. The summed E-state index contributed by atoms with van der Waals surface area (Å²) in [4.78, 5) is 10.9. The Bertz CT molecular complexity index is 740. The van der Waals surface area contributed by atoms with E-state index in [2.05, 4.69) is 10.2 Å². The molecule has 1 aliphatic rings. The second-order valence-electron chi connectivity index (χ2n) is 5.70. The largest absolute Gasteiger partial charge is 0.484 e. The van der Waals surface area contributed by atoms with Crippen LogP contribution in [-0.2, 0) is 13.7 Å². The van der Waals surface area contributed by atoms with Crippen molar-refractivity contribution in [2.75, 3.05) is 0 Å². The third kappa shape index (κ3) is 3.16. The highest BCUT2D eigenvalue weighted by Gasteiger charge is 2.31. The van der Waals surface area contributed by atoms with Gasteiger partial charge in [0.2, 0.25) is 0 Å². The average molecular weight is 337 g/mol. The van der Waals surface area contributed by atoms with Crippen molar-refractivity contribution in [3.63, 3.8) is 0 Å². The molecule has 1 aliphatic carbocycles. The summed E-state index contributed by atoms with van der Waals surface area (Å²) in [5.41, 5.74) is 5.92. The fraction of sp³-hybridized carbons (Fsp3) is 0.400. The van der Waals surface area contributed by atoms with Crippen LogP contribution in [0, 0.1) is 0 Å². The number of halogens is 1. The van der Waals surface area contributed by atoms with Crippen molar-refractivity contribution in [3.05, 3.63) is 40.4 Å². The van der Waals surface area contributed by atoms with Crippen LogP contribution < -0.4 is 10.5 Å². The van der Waals surface area contributed by atoms with E-state index < -0.39 is 5.97 Å². The van der Waals surface area contributed by atoms with Gasteiger partial charge in [-0.05, 0) is 31.0 Å². The van der Waals surface area contributed by atoms with Gasteiger partial charge in [-0.3, -0.25) is 0 Å². The first kappa shape index (κ1) is 15.8. The van der Waals surface area contributed by atoms with Gasteiger partial charge in [-0.2, -0.15) is 0 Å². The third-order valence-electron chi connectivity index (χ3n) is 4.07. The number of carbonyl (C=O) groups is 1. The van der Waals surface area contributed by atoms with E-state index in [1.165, 1.54) is 18.2 Å². The van der Waals surface area contributed by atoms with E-state index in [9.17, 15) is 4.79 Å². The number of rotatable bonds is 5. The molecule has 0 saturated heterocycles. The van der Waals surface area contributed by atoms with E-state index in [0.29, 0.717) is 17.5 Å². The SMILES string of the molecule is Cn1c(COc2ccc(C(=O)O)cc2Cl)nnc1C1CC(N)C1. The molecule has 8 heteroatoms. The molecule has 1 aromatic carbocycles. The average Bonchev–Trinajstić information content (AvgIpc) is 2.83. The van der Waals surface area contributed by atoms with Gasteiger partial charge in [0.05, 0.1) is 10.6 Å². The summed E-state index contributed by atoms with van der Waals surface area (Å²) in [6.07, 6.45) is 1.85. The molecule has 1 saturated carbocycles. The zero-order valence-corrected chi connectivity index (χ0v) is 13.3. The number of hydrogen-bond donors (Lipinski definition) is 2. The van der Waals surface area contributed by atoms with E-state index in [0.717, 1.165) is 18.7 Å². The van der Waals surface area contributed by atoms with Crippen molar-refractivity contribution in [3.8, 4) is 5.75 Å². The number of carboxylic acids is 1. The Morgan fingerprint density at radius 2 is 2.22 bits per heavy atom. The predicted octanol–water partition coefficient (Wildman–Crippen LogP) is 1.95. The minimum Gasteiger partial charge on any atom is -0.484 e. The zero-order chi connectivity index (χ0) is 16.6. The summed E-state index contributed by atoms with van der Waals surface area (Å²) in [5.74, 6) is 1.33. The van der Waals surface area contributed by atoms with Gasteiger partial charge in [0.15, 0.2) is 5.82 Å². The van der Waals surface area contributed by atoms with Gasteiger partial charge in [-0.1, -0.05) is 11.6 Å². The number of aromatic carboxylic acids is 1. The van der Waals surface area contributed by atoms with Crippen molar-refractivity contribution in [2.24, 2.45) is 12.8 Å². The molecule has 0 aliphatic heterocycles. The smallest absolute Gasteiger partial charge is 0.335 e. The number of nitrogens with zero attached hydrogens (tertiary/aromatic N) is 3. The van der Waals surface area contributed by atoms with Gasteiger partial charge < -0.3 is 20.1 Å². The molecule has 1 fully saturated rings. The summed E-state index contributed by atoms with van der Waals surface area (Å²) in [6, 6.07) is 4.59. The molecule has 3 rings (SSSR count). The van der Waals surface area contributed by atoms with E-state index in [1.54, 1.807) is 0 Å². The molecule has 122 valence electrons. The lowest BCUT2D eigenvalue weighted by atomic mass is 9.80. The van der Waals surface area contributed by atoms with Crippen molar-refractivity contribution < 1.29 is 14.6 Å². The van der Waals surface area contributed by atoms with E-state index in [-0.39, 0.29) is 23.2 Å². The normalized spacial score (nSPS) is 20.1.